The molecule has 1 aromatic carbocycles. The van der Waals surface area contributed by atoms with Crippen molar-refractivity contribution in [2.45, 2.75) is 44.6 Å². The maximum Gasteiger partial charge on any atom is 0.244 e. The van der Waals surface area contributed by atoms with Crippen LogP contribution in [-0.2, 0) is 14.8 Å². The van der Waals surface area contributed by atoms with Gasteiger partial charge in [-0.3, -0.25) is 4.79 Å². The summed E-state index contributed by atoms with van der Waals surface area (Å²) in [5, 5.41) is 0. The SMILES string of the molecule is CC1CCN(C(=O)C(NS(=O)(=O)c2ccccc2F)C(C)C)CC1. The average Bonchev–Trinajstić information content (AvgIpc) is 2.53. The molecule has 0 bridgehead atoms. The Morgan fingerprint density at radius 3 is 2.38 bits per heavy atom. The minimum Gasteiger partial charge on any atom is -0.341 e. The molecule has 1 amide bonds. The Balaban J connectivity index is 2.19. The highest BCUT2D eigenvalue weighted by Gasteiger charge is 2.33. The number of hydrogen-bond acceptors (Lipinski definition) is 3. The van der Waals surface area contributed by atoms with Gasteiger partial charge in [0.15, 0.2) is 0 Å². The number of hydrogen-bond donors (Lipinski definition) is 1. The molecule has 0 spiro atoms. The molecule has 1 atom stereocenters. The van der Waals surface area contributed by atoms with Crippen molar-refractivity contribution in [3.05, 3.63) is 30.1 Å². The van der Waals surface area contributed by atoms with Crippen molar-refractivity contribution in [3.63, 3.8) is 0 Å². The number of rotatable bonds is 5. The second kappa shape index (κ2) is 7.61. The summed E-state index contributed by atoms with van der Waals surface area (Å²) >= 11 is 0. The number of carbonyl (C=O) groups is 1. The monoisotopic (exact) mass is 356 g/mol. The summed E-state index contributed by atoms with van der Waals surface area (Å²) in [4.78, 5) is 14.0. The first-order chi connectivity index (χ1) is 11.2. The summed E-state index contributed by atoms with van der Waals surface area (Å²) < 4.78 is 41.2. The Bertz CT molecular complexity index is 683. The fourth-order valence-corrected chi connectivity index (χ4v) is 4.21. The molecule has 24 heavy (non-hydrogen) atoms. The van der Waals surface area contributed by atoms with Crippen LogP contribution < -0.4 is 4.72 Å². The van der Waals surface area contributed by atoms with Crippen LogP contribution in [0, 0.1) is 17.7 Å². The summed E-state index contributed by atoms with van der Waals surface area (Å²) in [6, 6.07) is 4.27. The molecule has 7 heteroatoms. The lowest BCUT2D eigenvalue weighted by Gasteiger charge is -2.34. The molecule has 1 unspecified atom stereocenters. The molecule has 0 saturated carbocycles. The quantitative estimate of drug-likeness (QED) is 0.881. The average molecular weight is 356 g/mol. The Hall–Kier alpha value is -1.47. The van der Waals surface area contributed by atoms with Crippen LogP contribution in [0.1, 0.15) is 33.6 Å². The number of benzene rings is 1. The van der Waals surface area contributed by atoms with Crippen molar-refractivity contribution in [1.82, 2.24) is 9.62 Å². The van der Waals surface area contributed by atoms with Crippen molar-refractivity contribution in [1.29, 1.82) is 0 Å². The molecule has 134 valence electrons. The number of nitrogens with one attached hydrogen (secondary N) is 1. The maximum atomic E-state index is 13.8. The smallest absolute Gasteiger partial charge is 0.244 e. The third-order valence-electron chi connectivity index (χ3n) is 4.44. The molecule has 1 saturated heterocycles. The van der Waals surface area contributed by atoms with E-state index >= 15 is 0 Å². The van der Waals surface area contributed by atoms with Gasteiger partial charge in [0.05, 0.1) is 0 Å². The van der Waals surface area contributed by atoms with Gasteiger partial charge in [0.2, 0.25) is 15.9 Å². The minimum atomic E-state index is -4.10. The van der Waals surface area contributed by atoms with E-state index in [0.29, 0.717) is 19.0 Å². The molecule has 1 N–H and O–H groups in total. The van der Waals surface area contributed by atoms with Gasteiger partial charge in [-0.15, -0.1) is 0 Å². The van der Waals surface area contributed by atoms with E-state index in [1.165, 1.54) is 18.2 Å². The van der Waals surface area contributed by atoms with Crippen LogP contribution in [0.5, 0.6) is 0 Å². The largest absolute Gasteiger partial charge is 0.341 e. The zero-order chi connectivity index (χ0) is 17.9. The Labute approximate surface area is 143 Å². The second-order valence-electron chi connectivity index (χ2n) is 6.78. The molecule has 1 aromatic rings. The molecule has 0 aliphatic carbocycles. The third kappa shape index (κ3) is 4.33. The van der Waals surface area contributed by atoms with Crippen LogP contribution in [0.2, 0.25) is 0 Å². The van der Waals surface area contributed by atoms with Gasteiger partial charge in [-0.25, -0.2) is 12.8 Å². The van der Waals surface area contributed by atoms with E-state index in [1.54, 1.807) is 18.7 Å². The minimum absolute atomic E-state index is 0.238. The Morgan fingerprint density at radius 2 is 1.83 bits per heavy atom. The molecule has 5 nitrogen and oxygen atoms in total. The van der Waals surface area contributed by atoms with E-state index < -0.39 is 26.8 Å². The summed E-state index contributed by atoms with van der Waals surface area (Å²) in [5.41, 5.74) is 0. The Morgan fingerprint density at radius 1 is 1.25 bits per heavy atom. The molecule has 1 aliphatic rings. The number of amides is 1. The van der Waals surface area contributed by atoms with Gasteiger partial charge in [-0.1, -0.05) is 32.9 Å². The highest BCUT2D eigenvalue weighted by molar-refractivity contribution is 7.89. The van der Waals surface area contributed by atoms with Crippen molar-refractivity contribution < 1.29 is 17.6 Å². The molecule has 1 aliphatic heterocycles. The number of nitrogens with zero attached hydrogens (tertiary/aromatic N) is 1. The van der Waals surface area contributed by atoms with Gasteiger partial charge in [0, 0.05) is 13.1 Å². The zero-order valence-corrected chi connectivity index (χ0v) is 15.1. The van der Waals surface area contributed by atoms with Gasteiger partial charge in [0.25, 0.3) is 0 Å². The van der Waals surface area contributed by atoms with E-state index in [1.807, 2.05) is 0 Å². The van der Waals surface area contributed by atoms with Crippen molar-refractivity contribution in [2.24, 2.45) is 11.8 Å². The van der Waals surface area contributed by atoms with Crippen molar-refractivity contribution in [3.8, 4) is 0 Å². The van der Waals surface area contributed by atoms with E-state index in [0.717, 1.165) is 18.9 Å². The van der Waals surface area contributed by atoms with E-state index in [9.17, 15) is 17.6 Å². The first-order valence-corrected chi connectivity index (χ1v) is 9.76. The topological polar surface area (TPSA) is 66.5 Å². The first-order valence-electron chi connectivity index (χ1n) is 8.28. The van der Waals surface area contributed by atoms with Crippen LogP contribution in [-0.4, -0.2) is 38.4 Å². The highest BCUT2D eigenvalue weighted by atomic mass is 32.2. The number of carbonyl (C=O) groups excluding carboxylic acids is 1. The zero-order valence-electron chi connectivity index (χ0n) is 14.3. The van der Waals surface area contributed by atoms with Gasteiger partial charge in [0.1, 0.15) is 16.8 Å². The molecule has 1 heterocycles. The fraction of sp³-hybridized carbons (Fsp3) is 0.588. The number of piperidine rings is 1. The summed E-state index contributed by atoms with van der Waals surface area (Å²) in [6.07, 6.45) is 1.83. The van der Waals surface area contributed by atoms with Crippen LogP contribution >= 0.6 is 0 Å². The summed E-state index contributed by atoms with van der Waals surface area (Å²) in [6.45, 7) is 6.95. The van der Waals surface area contributed by atoms with Gasteiger partial charge >= 0.3 is 0 Å². The number of halogens is 1. The van der Waals surface area contributed by atoms with Crippen LogP contribution in [0.15, 0.2) is 29.2 Å². The van der Waals surface area contributed by atoms with E-state index in [-0.39, 0.29) is 11.8 Å². The highest BCUT2D eigenvalue weighted by Crippen LogP contribution is 2.20. The first kappa shape index (κ1) is 18.9. The standard InChI is InChI=1S/C17H25FN2O3S/c1-12(2)16(17(21)20-10-8-13(3)9-11-20)19-24(22,23)15-7-5-4-6-14(15)18/h4-7,12-13,16,19H,8-11H2,1-3H3. The predicted molar refractivity (Wildman–Crippen MR) is 90.3 cm³/mol. The maximum absolute atomic E-state index is 13.8. The van der Waals surface area contributed by atoms with E-state index in [4.69, 9.17) is 0 Å². The second-order valence-corrected chi connectivity index (χ2v) is 8.46. The lowest BCUT2D eigenvalue weighted by molar-refractivity contribution is -0.135. The van der Waals surface area contributed by atoms with Crippen LogP contribution in [0.3, 0.4) is 0 Å². The predicted octanol–water partition coefficient (Wildman–Crippen LogP) is 2.39. The molecule has 2 rings (SSSR count). The lowest BCUT2D eigenvalue weighted by Crippen LogP contribution is -2.52. The van der Waals surface area contributed by atoms with Gasteiger partial charge in [-0.05, 0) is 36.8 Å². The van der Waals surface area contributed by atoms with Crippen molar-refractivity contribution in [2.75, 3.05) is 13.1 Å². The van der Waals surface area contributed by atoms with Gasteiger partial charge in [-0.2, -0.15) is 4.72 Å². The molecule has 1 fully saturated rings. The van der Waals surface area contributed by atoms with Crippen molar-refractivity contribution >= 4 is 15.9 Å². The van der Waals surface area contributed by atoms with Crippen LogP contribution in [0.4, 0.5) is 4.39 Å². The van der Waals surface area contributed by atoms with E-state index in [2.05, 4.69) is 11.6 Å². The molecular formula is C17H25FN2O3S. The normalized spacial score (nSPS) is 18.0. The lowest BCUT2D eigenvalue weighted by atomic mass is 9.97. The molecular weight excluding hydrogens is 331 g/mol. The fourth-order valence-electron chi connectivity index (χ4n) is 2.79. The molecule has 0 radical (unpaired) electrons. The third-order valence-corrected chi connectivity index (χ3v) is 5.91. The summed E-state index contributed by atoms with van der Waals surface area (Å²) in [7, 11) is -4.10. The number of likely N-dealkylation sites (tertiary alicyclic amines) is 1. The number of sulfonamides is 1. The van der Waals surface area contributed by atoms with Gasteiger partial charge < -0.3 is 4.90 Å². The van der Waals surface area contributed by atoms with Crippen LogP contribution in [0.25, 0.3) is 0 Å². The molecule has 0 aromatic heterocycles. The summed E-state index contributed by atoms with van der Waals surface area (Å²) in [5.74, 6) is -0.733. The Kier molecular flexibility index (Phi) is 5.98.